The Hall–Kier alpha value is -1.25. The lowest BCUT2D eigenvalue weighted by Gasteiger charge is -2.13. The first-order valence-corrected chi connectivity index (χ1v) is 9.06. The van der Waals surface area contributed by atoms with Crippen LogP contribution in [0.2, 0.25) is 0 Å². The van der Waals surface area contributed by atoms with Crippen LogP contribution in [-0.2, 0) is 0 Å². The topological polar surface area (TPSA) is 78.7 Å². The summed E-state index contributed by atoms with van der Waals surface area (Å²) in [6.07, 6.45) is 11.0. The molecule has 0 bridgehead atoms. The zero-order valence-electron chi connectivity index (χ0n) is 15.1. The van der Waals surface area contributed by atoms with Crippen molar-refractivity contribution >= 4 is 35.8 Å². The molecule has 1 heterocycles. The van der Waals surface area contributed by atoms with E-state index < -0.39 is 0 Å². The quantitative estimate of drug-likeness (QED) is 0.228. The molecule has 7 heteroatoms. The summed E-state index contributed by atoms with van der Waals surface area (Å²) in [5.74, 6) is 1.89. The van der Waals surface area contributed by atoms with Gasteiger partial charge in [0.1, 0.15) is 0 Å². The van der Waals surface area contributed by atoms with E-state index in [0.29, 0.717) is 18.8 Å². The van der Waals surface area contributed by atoms with Gasteiger partial charge in [0.05, 0.1) is 6.26 Å². The third kappa shape index (κ3) is 8.60. The molecule has 1 aromatic heterocycles. The summed E-state index contributed by atoms with van der Waals surface area (Å²) >= 11 is 0. The molecule has 0 atom stereocenters. The van der Waals surface area contributed by atoms with Crippen molar-refractivity contribution in [3.05, 3.63) is 24.2 Å². The summed E-state index contributed by atoms with van der Waals surface area (Å²) in [6, 6.07) is 3.35. The van der Waals surface area contributed by atoms with Gasteiger partial charge in [-0.3, -0.25) is 9.79 Å². The lowest BCUT2D eigenvalue weighted by molar-refractivity contribution is 0.0926. The van der Waals surface area contributed by atoms with Crippen molar-refractivity contribution in [2.24, 2.45) is 10.9 Å². The van der Waals surface area contributed by atoms with Gasteiger partial charge >= 0.3 is 0 Å². The average Bonchev–Trinajstić information content (AvgIpc) is 3.29. The molecular formula is C18H31IN4O2. The Labute approximate surface area is 167 Å². The molecule has 6 nitrogen and oxygen atoms in total. The predicted molar refractivity (Wildman–Crippen MR) is 112 cm³/mol. The van der Waals surface area contributed by atoms with Gasteiger partial charge < -0.3 is 20.4 Å². The summed E-state index contributed by atoms with van der Waals surface area (Å²) < 4.78 is 5.04. The highest BCUT2D eigenvalue weighted by molar-refractivity contribution is 14.0. The van der Waals surface area contributed by atoms with E-state index in [9.17, 15) is 4.79 Å². The van der Waals surface area contributed by atoms with E-state index in [0.717, 1.165) is 18.4 Å². The maximum atomic E-state index is 11.7. The Morgan fingerprint density at radius 2 is 1.88 bits per heavy atom. The summed E-state index contributed by atoms with van der Waals surface area (Å²) in [5.41, 5.74) is 0. The number of aliphatic imine (C=N–C) groups is 1. The molecule has 1 aliphatic rings. The summed E-state index contributed by atoms with van der Waals surface area (Å²) in [6.45, 7) is 2.07. The van der Waals surface area contributed by atoms with Crippen LogP contribution >= 0.6 is 24.0 Å². The van der Waals surface area contributed by atoms with Crippen molar-refractivity contribution in [3.63, 3.8) is 0 Å². The molecule has 1 aromatic rings. The molecule has 1 fully saturated rings. The van der Waals surface area contributed by atoms with Gasteiger partial charge in [0, 0.05) is 26.7 Å². The summed E-state index contributed by atoms with van der Waals surface area (Å²) in [5, 5.41) is 9.31. The van der Waals surface area contributed by atoms with Gasteiger partial charge in [-0.15, -0.1) is 24.0 Å². The zero-order chi connectivity index (χ0) is 17.0. The molecule has 0 saturated heterocycles. The van der Waals surface area contributed by atoms with Crippen LogP contribution in [0.15, 0.2) is 27.8 Å². The van der Waals surface area contributed by atoms with Gasteiger partial charge in [-0.25, -0.2) is 0 Å². The number of rotatable bonds is 9. The first kappa shape index (κ1) is 21.8. The van der Waals surface area contributed by atoms with Crippen LogP contribution in [0.1, 0.15) is 55.5 Å². The van der Waals surface area contributed by atoms with Crippen LogP contribution < -0.4 is 16.0 Å². The first-order valence-electron chi connectivity index (χ1n) is 9.06. The molecule has 1 aliphatic carbocycles. The van der Waals surface area contributed by atoms with E-state index in [1.54, 1.807) is 19.2 Å². The first-order chi connectivity index (χ1) is 11.8. The maximum absolute atomic E-state index is 11.7. The number of halogens is 1. The predicted octanol–water partition coefficient (Wildman–Crippen LogP) is 3.15. The van der Waals surface area contributed by atoms with Crippen molar-refractivity contribution in [2.45, 2.75) is 44.9 Å². The Morgan fingerprint density at radius 3 is 2.56 bits per heavy atom. The molecule has 2 rings (SSSR count). The second-order valence-corrected chi connectivity index (χ2v) is 6.31. The number of furan rings is 1. The van der Waals surface area contributed by atoms with Crippen LogP contribution in [0.3, 0.4) is 0 Å². The van der Waals surface area contributed by atoms with E-state index in [1.807, 2.05) is 0 Å². The Kier molecular flexibility index (Phi) is 11.3. The van der Waals surface area contributed by atoms with Crippen molar-refractivity contribution in [1.29, 1.82) is 0 Å². The molecule has 0 aliphatic heterocycles. The average molecular weight is 462 g/mol. The number of guanidine groups is 1. The van der Waals surface area contributed by atoms with Gasteiger partial charge in [0.25, 0.3) is 5.91 Å². The second kappa shape index (κ2) is 13.0. The summed E-state index contributed by atoms with van der Waals surface area (Å²) in [7, 11) is 1.76. The fourth-order valence-electron chi connectivity index (χ4n) is 3.14. The number of carbonyl (C=O) groups is 1. The molecule has 0 spiro atoms. The molecule has 0 unspecified atom stereocenters. The van der Waals surface area contributed by atoms with Crippen LogP contribution in [0.25, 0.3) is 0 Å². The van der Waals surface area contributed by atoms with E-state index in [4.69, 9.17) is 4.42 Å². The van der Waals surface area contributed by atoms with Gasteiger partial charge in [0.2, 0.25) is 0 Å². The molecule has 142 valence electrons. The monoisotopic (exact) mass is 462 g/mol. The minimum atomic E-state index is -0.198. The number of nitrogens with one attached hydrogen (secondary N) is 3. The fraction of sp³-hybridized carbons (Fsp3) is 0.667. The highest BCUT2D eigenvalue weighted by Gasteiger charge is 2.13. The fourth-order valence-corrected chi connectivity index (χ4v) is 3.14. The standard InChI is InChI=1S/C18H30N4O2.HI/c1-19-18(21-11-5-4-9-15-7-2-3-8-15)22-13-12-20-17(23)16-10-6-14-24-16;/h6,10,14-15H,2-5,7-9,11-13H2,1H3,(H,20,23)(H2,19,21,22);1H. The molecule has 0 aromatic carbocycles. The highest BCUT2D eigenvalue weighted by Crippen LogP contribution is 2.28. The molecule has 0 radical (unpaired) electrons. The third-order valence-corrected chi connectivity index (χ3v) is 4.48. The van der Waals surface area contributed by atoms with Crippen molar-refractivity contribution < 1.29 is 9.21 Å². The number of nitrogens with zero attached hydrogens (tertiary/aromatic N) is 1. The van der Waals surface area contributed by atoms with Crippen LogP contribution in [0.4, 0.5) is 0 Å². The van der Waals surface area contributed by atoms with Gasteiger partial charge in [-0.05, 0) is 24.5 Å². The minimum absolute atomic E-state index is 0. The van der Waals surface area contributed by atoms with Crippen molar-refractivity contribution in [3.8, 4) is 0 Å². The van der Waals surface area contributed by atoms with Crippen molar-refractivity contribution in [2.75, 3.05) is 26.7 Å². The largest absolute Gasteiger partial charge is 0.459 e. The van der Waals surface area contributed by atoms with Crippen LogP contribution in [0, 0.1) is 5.92 Å². The minimum Gasteiger partial charge on any atom is -0.459 e. The van der Waals surface area contributed by atoms with E-state index in [1.165, 1.54) is 51.2 Å². The smallest absolute Gasteiger partial charge is 0.287 e. The number of hydrogen-bond donors (Lipinski definition) is 3. The van der Waals surface area contributed by atoms with Gasteiger partial charge in [-0.1, -0.05) is 38.5 Å². The lowest BCUT2D eigenvalue weighted by Crippen LogP contribution is -2.41. The highest BCUT2D eigenvalue weighted by atomic mass is 127. The van der Waals surface area contributed by atoms with E-state index in [2.05, 4.69) is 20.9 Å². The number of unbranched alkanes of at least 4 members (excludes halogenated alkanes) is 1. The second-order valence-electron chi connectivity index (χ2n) is 6.31. The van der Waals surface area contributed by atoms with E-state index >= 15 is 0 Å². The van der Waals surface area contributed by atoms with Crippen LogP contribution in [-0.4, -0.2) is 38.5 Å². The molecule has 1 saturated carbocycles. The van der Waals surface area contributed by atoms with Gasteiger partial charge in [-0.2, -0.15) is 0 Å². The van der Waals surface area contributed by atoms with Gasteiger partial charge in [0.15, 0.2) is 11.7 Å². The maximum Gasteiger partial charge on any atom is 0.287 e. The Morgan fingerprint density at radius 1 is 1.16 bits per heavy atom. The number of hydrogen-bond acceptors (Lipinski definition) is 3. The summed E-state index contributed by atoms with van der Waals surface area (Å²) in [4.78, 5) is 15.9. The normalized spacial score (nSPS) is 14.8. The number of amides is 1. The lowest BCUT2D eigenvalue weighted by atomic mass is 10.0. The molecule has 1 amide bonds. The van der Waals surface area contributed by atoms with Crippen LogP contribution in [0.5, 0.6) is 0 Å². The Balaban J connectivity index is 0.00000312. The van der Waals surface area contributed by atoms with Crippen molar-refractivity contribution in [1.82, 2.24) is 16.0 Å². The Bertz CT molecular complexity index is 499. The zero-order valence-corrected chi connectivity index (χ0v) is 17.4. The van der Waals surface area contributed by atoms with E-state index in [-0.39, 0.29) is 29.9 Å². The molecule has 25 heavy (non-hydrogen) atoms. The molecular weight excluding hydrogens is 431 g/mol. The SMILES string of the molecule is CN=C(NCCCCC1CCCC1)NCCNC(=O)c1ccco1.I. The molecule has 3 N–H and O–H groups in total. The third-order valence-electron chi connectivity index (χ3n) is 4.48. The number of carbonyl (C=O) groups excluding carboxylic acids is 1.